The molecule has 1 atom stereocenters. The van der Waals surface area contributed by atoms with Crippen LogP contribution in [0.1, 0.15) is 32.6 Å². The molecule has 0 spiro atoms. The second-order valence-electron chi connectivity index (χ2n) is 4.50. The van der Waals surface area contributed by atoms with Crippen molar-refractivity contribution in [3.8, 4) is 0 Å². The highest BCUT2D eigenvalue weighted by molar-refractivity contribution is 5.79. The molecule has 1 heterocycles. The Balaban J connectivity index is 2.89. The number of halogens is 3. The highest BCUT2D eigenvalue weighted by atomic mass is 19.4. The third kappa shape index (κ3) is 3.03. The molecule has 1 rings (SSSR count). The Hall–Kier alpha value is -1.64. The molecule has 0 saturated heterocycles. The average Bonchev–Trinajstić information content (AvgIpc) is 2.71. The van der Waals surface area contributed by atoms with Crippen LogP contribution in [0, 0.1) is 0 Å². The minimum atomic E-state index is -4.92. The molecule has 0 amide bonds. The lowest BCUT2D eigenvalue weighted by molar-refractivity contribution is -0.206. The van der Waals surface area contributed by atoms with Crippen molar-refractivity contribution in [3.63, 3.8) is 0 Å². The molecule has 6 nitrogen and oxygen atoms in total. The van der Waals surface area contributed by atoms with Gasteiger partial charge in [-0.3, -0.25) is 5.32 Å². The first-order valence-electron chi connectivity index (χ1n) is 5.53. The summed E-state index contributed by atoms with van der Waals surface area (Å²) < 4.78 is 39.7. The van der Waals surface area contributed by atoms with E-state index in [0.29, 0.717) is 6.92 Å². The summed E-state index contributed by atoms with van der Waals surface area (Å²) in [6, 6.07) is -0.0822. The van der Waals surface area contributed by atoms with Gasteiger partial charge in [0, 0.05) is 6.04 Å². The molecule has 0 saturated carbocycles. The van der Waals surface area contributed by atoms with Gasteiger partial charge in [0.2, 0.25) is 5.54 Å². The number of nitrogens with one attached hydrogen (secondary N) is 1. The number of aromatic nitrogens is 3. The lowest BCUT2D eigenvalue weighted by Crippen LogP contribution is -2.60. The predicted octanol–water partition coefficient (Wildman–Crippen LogP) is 1.35. The lowest BCUT2D eigenvalue weighted by atomic mass is 10.0. The number of aliphatic carboxylic acids is 1. The second-order valence-corrected chi connectivity index (χ2v) is 4.50. The first kappa shape index (κ1) is 15.4. The Labute approximate surface area is 107 Å². The zero-order chi connectivity index (χ0) is 14.8. The summed E-state index contributed by atoms with van der Waals surface area (Å²) in [7, 11) is 0. The summed E-state index contributed by atoms with van der Waals surface area (Å²) in [5, 5.41) is 14.6. The number of carbonyl (C=O) groups is 1. The highest BCUT2D eigenvalue weighted by Crippen LogP contribution is 2.30. The molecular weight excluding hydrogens is 265 g/mol. The molecule has 0 radical (unpaired) electrons. The number of hydrogen-bond acceptors (Lipinski definition) is 4. The number of alkyl halides is 3. The van der Waals surface area contributed by atoms with E-state index in [1.807, 2.05) is 5.32 Å². The van der Waals surface area contributed by atoms with Crippen LogP contribution in [0.3, 0.4) is 0 Å². The van der Waals surface area contributed by atoms with Crippen LogP contribution in [0.15, 0.2) is 6.33 Å². The van der Waals surface area contributed by atoms with Crippen LogP contribution in [0.4, 0.5) is 13.2 Å². The van der Waals surface area contributed by atoms with Crippen molar-refractivity contribution >= 4 is 5.97 Å². The van der Waals surface area contributed by atoms with E-state index in [-0.39, 0.29) is 18.4 Å². The van der Waals surface area contributed by atoms with Gasteiger partial charge in [-0.05, 0) is 20.8 Å². The fourth-order valence-electron chi connectivity index (χ4n) is 1.38. The SMILES string of the molecule is CC(C)n1ncnc1CNC(C)(C(=O)O)C(F)(F)F. The highest BCUT2D eigenvalue weighted by Gasteiger charge is 2.57. The molecule has 2 N–H and O–H groups in total. The van der Waals surface area contributed by atoms with Crippen LogP contribution >= 0.6 is 0 Å². The van der Waals surface area contributed by atoms with Gasteiger partial charge in [-0.15, -0.1) is 0 Å². The number of carboxylic acids is 1. The average molecular weight is 280 g/mol. The number of hydrogen-bond donors (Lipinski definition) is 2. The fourth-order valence-corrected chi connectivity index (χ4v) is 1.38. The van der Waals surface area contributed by atoms with E-state index in [4.69, 9.17) is 5.11 Å². The summed E-state index contributed by atoms with van der Waals surface area (Å²) in [5.74, 6) is -1.75. The molecule has 0 aliphatic rings. The summed E-state index contributed by atoms with van der Waals surface area (Å²) in [5.41, 5.74) is -3.03. The zero-order valence-electron chi connectivity index (χ0n) is 10.7. The molecule has 0 aromatic carbocycles. The fraction of sp³-hybridized carbons (Fsp3) is 0.700. The predicted molar refractivity (Wildman–Crippen MR) is 59.3 cm³/mol. The van der Waals surface area contributed by atoms with Crippen molar-refractivity contribution in [2.75, 3.05) is 0 Å². The van der Waals surface area contributed by atoms with Crippen molar-refractivity contribution < 1.29 is 23.1 Å². The molecule has 0 bridgehead atoms. The van der Waals surface area contributed by atoms with Crippen LogP contribution in [-0.4, -0.2) is 37.6 Å². The maximum absolute atomic E-state index is 12.8. The largest absolute Gasteiger partial charge is 0.480 e. The summed E-state index contributed by atoms with van der Waals surface area (Å²) >= 11 is 0. The number of rotatable bonds is 5. The third-order valence-electron chi connectivity index (χ3n) is 2.73. The van der Waals surface area contributed by atoms with Crippen LogP contribution in [0.2, 0.25) is 0 Å². The van der Waals surface area contributed by atoms with Crippen molar-refractivity contribution in [2.24, 2.45) is 0 Å². The number of carboxylic acid groups (broad SMARTS) is 1. The van der Waals surface area contributed by atoms with Crippen LogP contribution in [-0.2, 0) is 11.3 Å². The van der Waals surface area contributed by atoms with E-state index >= 15 is 0 Å². The van der Waals surface area contributed by atoms with Gasteiger partial charge in [0.05, 0.1) is 6.54 Å². The first-order valence-corrected chi connectivity index (χ1v) is 5.53. The van der Waals surface area contributed by atoms with E-state index in [0.717, 1.165) is 0 Å². The van der Waals surface area contributed by atoms with E-state index < -0.39 is 17.7 Å². The molecule has 1 aromatic rings. The van der Waals surface area contributed by atoms with Crippen molar-refractivity contribution in [1.82, 2.24) is 20.1 Å². The monoisotopic (exact) mass is 280 g/mol. The minimum Gasteiger partial charge on any atom is -0.480 e. The van der Waals surface area contributed by atoms with E-state index in [1.165, 1.54) is 11.0 Å². The molecule has 0 aliphatic carbocycles. The van der Waals surface area contributed by atoms with E-state index in [9.17, 15) is 18.0 Å². The van der Waals surface area contributed by atoms with Gasteiger partial charge in [0.15, 0.2) is 0 Å². The molecular formula is C10H15F3N4O2. The van der Waals surface area contributed by atoms with Crippen molar-refractivity contribution in [1.29, 1.82) is 0 Å². The van der Waals surface area contributed by atoms with Gasteiger partial charge in [-0.2, -0.15) is 18.3 Å². The van der Waals surface area contributed by atoms with Gasteiger partial charge in [-0.25, -0.2) is 14.5 Å². The Morgan fingerprint density at radius 1 is 1.53 bits per heavy atom. The van der Waals surface area contributed by atoms with Gasteiger partial charge in [0.1, 0.15) is 12.2 Å². The third-order valence-corrected chi connectivity index (χ3v) is 2.73. The number of nitrogens with zero attached hydrogens (tertiary/aromatic N) is 3. The van der Waals surface area contributed by atoms with Crippen LogP contribution in [0.5, 0.6) is 0 Å². The summed E-state index contributed by atoms with van der Waals surface area (Å²) in [4.78, 5) is 14.6. The molecule has 1 aromatic heterocycles. The molecule has 0 fully saturated rings. The van der Waals surface area contributed by atoms with Gasteiger partial charge in [-0.1, -0.05) is 0 Å². The molecule has 9 heteroatoms. The second kappa shape index (κ2) is 5.16. The molecule has 0 aliphatic heterocycles. The molecule has 1 unspecified atom stereocenters. The van der Waals surface area contributed by atoms with Gasteiger partial charge >= 0.3 is 12.1 Å². The quantitative estimate of drug-likeness (QED) is 0.851. The normalized spacial score (nSPS) is 15.5. The Morgan fingerprint density at radius 2 is 2.11 bits per heavy atom. The Bertz CT molecular complexity index is 458. The van der Waals surface area contributed by atoms with E-state index in [2.05, 4.69) is 10.1 Å². The van der Waals surface area contributed by atoms with Crippen LogP contribution in [0.25, 0.3) is 0 Å². The van der Waals surface area contributed by atoms with Gasteiger partial charge in [0.25, 0.3) is 0 Å². The minimum absolute atomic E-state index is 0.0822. The first-order chi connectivity index (χ1) is 8.59. The van der Waals surface area contributed by atoms with Gasteiger partial charge < -0.3 is 5.11 Å². The summed E-state index contributed by atoms with van der Waals surface area (Å²) in [6.45, 7) is 3.81. The van der Waals surface area contributed by atoms with Crippen molar-refractivity contribution in [3.05, 3.63) is 12.2 Å². The summed E-state index contributed by atoms with van der Waals surface area (Å²) in [6.07, 6.45) is -3.70. The smallest absolute Gasteiger partial charge is 0.417 e. The van der Waals surface area contributed by atoms with Crippen molar-refractivity contribution in [2.45, 2.75) is 45.1 Å². The standard InChI is InChI=1S/C10H15F3N4O2/c1-6(2)17-7(14-5-16-17)4-15-9(3,8(18)19)10(11,12)13/h5-6,15H,4H2,1-3H3,(H,18,19). The zero-order valence-corrected chi connectivity index (χ0v) is 10.7. The molecule has 19 heavy (non-hydrogen) atoms. The maximum atomic E-state index is 12.8. The van der Waals surface area contributed by atoms with Crippen LogP contribution < -0.4 is 5.32 Å². The lowest BCUT2D eigenvalue weighted by Gasteiger charge is -2.28. The Kier molecular flexibility index (Phi) is 4.18. The Morgan fingerprint density at radius 3 is 2.53 bits per heavy atom. The van der Waals surface area contributed by atoms with E-state index in [1.54, 1.807) is 13.8 Å². The topological polar surface area (TPSA) is 80.0 Å². The maximum Gasteiger partial charge on any atom is 0.417 e. The molecule has 108 valence electrons.